The van der Waals surface area contributed by atoms with Gasteiger partial charge in [0.1, 0.15) is 0 Å². The maximum Gasteiger partial charge on any atom is 0.167 e. The molecule has 0 bridgehead atoms. The monoisotopic (exact) mass is 193 g/mol. The van der Waals surface area contributed by atoms with Crippen LogP contribution in [-0.4, -0.2) is 10.7 Å². The van der Waals surface area contributed by atoms with Gasteiger partial charge in [0.05, 0.1) is 16.2 Å². The zero-order valence-electron chi connectivity index (χ0n) is 7.12. The lowest BCUT2D eigenvalue weighted by Gasteiger charge is -1.94. The summed E-state index contributed by atoms with van der Waals surface area (Å²) in [6.07, 6.45) is 2.66. The number of nitrogens with zero attached hydrogens (tertiary/aromatic N) is 1. The molecule has 0 spiro atoms. The normalized spacial score (nSPS) is 10.6. The maximum absolute atomic E-state index is 10.8. The Hall–Kier alpha value is -1.28. The molecule has 2 aromatic rings. The number of carbonyl (C=O) groups is 1. The summed E-state index contributed by atoms with van der Waals surface area (Å²) in [6.45, 7) is 1.85. The molecular formula is C10H8ClNO. The molecule has 3 heteroatoms. The van der Waals surface area contributed by atoms with Crippen LogP contribution in [0.3, 0.4) is 0 Å². The highest BCUT2D eigenvalue weighted by atomic mass is 35.5. The topological polar surface area (TPSA) is 21.5 Å². The quantitative estimate of drug-likeness (QED) is 0.639. The predicted octanol–water partition coefficient (Wildman–Crippen LogP) is 2.71. The molecule has 0 saturated heterocycles. The molecule has 66 valence electrons. The Morgan fingerprint density at radius 1 is 1.46 bits per heavy atom. The van der Waals surface area contributed by atoms with Crippen LogP contribution in [0.4, 0.5) is 0 Å². The summed E-state index contributed by atoms with van der Waals surface area (Å²) < 4.78 is 1.80. The molecule has 0 aliphatic heterocycles. The summed E-state index contributed by atoms with van der Waals surface area (Å²) in [5.41, 5.74) is 2.34. The third kappa shape index (κ3) is 1.06. The first-order valence-electron chi connectivity index (χ1n) is 3.96. The van der Waals surface area contributed by atoms with Crippen molar-refractivity contribution >= 4 is 23.4 Å². The fourth-order valence-electron chi connectivity index (χ4n) is 1.46. The number of hydrogen-bond acceptors (Lipinski definition) is 1. The molecule has 0 aliphatic rings. The van der Waals surface area contributed by atoms with E-state index >= 15 is 0 Å². The summed E-state index contributed by atoms with van der Waals surface area (Å²) in [4.78, 5) is 10.8. The minimum atomic E-state index is 0.626. The van der Waals surface area contributed by atoms with Crippen LogP contribution >= 0.6 is 11.6 Å². The molecule has 0 unspecified atom stereocenters. The van der Waals surface area contributed by atoms with Crippen LogP contribution in [0.1, 0.15) is 16.1 Å². The van der Waals surface area contributed by atoms with Gasteiger partial charge >= 0.3 is 0 Å². The first-order chi connectivity index (χ1) is 6.25. The second kappa shape index (κ2) is 2.89. The number of hydrogen-bond donors (Lipinski definition) is 0. The Bertz CT molecular complexity index is 473. The molecule has 0 fully saturated rings. The van der Waals surface area contributed by atoms with Crippen LogP contribution in [0.2, 0.25) is 5.02 Å². The molecule has 2 heterocycles. The predicted molar refractivity (Wildman–Crippen MR) is 52.5 cm³/mol. The highest BCUT2D eigenvalue weighted by molar-refractivity contribution is 6.35. The molecule has 0 amide bonds. The Morgan fingerprint density at radius 2 is 2.23 bits per heavy atom. The number of pyridine rings is 1. The number of aldehydes is 1. The van der Waals surface area contributed by atoms with Crippen LogP contribution in [-0.2, 0) is 0 Å². The third-order valence-electron chi connectivity index (χ3n) is 2.17. The zero-order chi connectivity index (χ0) is 9.42. The van der Waals surface area contributed by atoms with Crippen molar-refractivity contribution < 1.29 is 4.79 Å². The highest BCUT2D eigenvalue weighted by Gasteiger charge is 2.10. The maximum atomic E-state index is 10.8. The van der Waals surface area contributed by atoms with E-state index in [-0.39, 0.29) is 0 Å². The van der Waals surface area contributed by atoms with E-state index in [0.29, 0.717) is 10.7 Å². The Labute approximate surface area is 80.7 Å². The first-order valence-corrected chi connectivity index (χ1v) is 4.34. The average Bonchev–Trinajstić information content (AvgIpc) is 2.41. The number of aromatic nitrogens is 1. The molecule has 0 N–H and O–H groups in total. The van der Waals surface area contributed by atoms with Crippen molar-refractivity contribution in [2.45, 2.75) is 6.92 Å². The molecule has 13 heavy (non-hydrogen) atoms. The van der Waals surface area contributed by atoms with Gasteiger partial charge in [-0.2, -0.15) is 0 Å². The molecule has 2 aromatic heterocycles. The van der Waals surface area contributed by atoms with E-state index in [4.69, 9.17) is 11.6 Å². The summed E-state index contributed by atoms with van der Waals surface area (Å²) in [5, 5.41) is 0.655. The summed E-state index contributed by atoms with van der Waals surface area (Å²) in [7, 11) is 0. The standard InChI is InChI=1S/C10H8ClNO/c1-7-9(6-13)12-5-3-2-4-8(12)10(7)11/h2-6H,1H3. The van der Waals surface area contributed by atoms with Gasteiger partial charge in [-0.05, 0) is 24.6 Å². The zero-order valence-corrected chi connectivity index (χ0v) is 7.88. The van der Waals surface area contributed by atoms with Crippen molar-refractivity contribution in [2.24, 2.45) is 0 Å². The first kappa shape index (κ1) is 8.32. The second-order valence-electron chi connectivity index (χ2n) is 2.90. The van der Waals surface area contributed by atoms with Gasteiger partial charge in [-0.15, -0.1) is 0 Å². The van der Waals surface area contributed by atoms with Gasteiger partial charge in [-0.3, -0.25) is 4.79 Å². The lowest BCUT2D eigenvalue weighted by atomic mass is 10.3. The van der Waals surface area contributed by atoms with Crippen LogP contribution in [0.25, 0.3) is 5.52 Å². The molecule has 2 nitrogen and oxygen atoms in total. The molecule has 2 rings (SSSR count). The molecule has 0 saturated carbocycles. The molecule has 0 radical (unpaired) electrons. The Kier molecular flexibility index (Phi) is 1.85. The SMILES string of the molecule is Cc1c(Cl)c2ccccn2c1C=O. The third-order valence-corrected chi connectivity index (χ3v) is 2.65. The van der Waals surface area contributed by atoms with Crippen LogP contribution in [0.5, 0.6) is 0 Å². The van der Waals surface area contributed by atoms with Crippen molar-refractivity contribution in [3.8, 4) is 0 Å². The van der Waals surface area contributed by atoms with E-state index < -0.39 is 0 Å². The van der Waals surface area contributed by atoms with Crippen LogP contribution < -0.4 is 0 Å². The summed E-state index contributed by atoms with van der Waals surface area (Å²) in [5.74, 6) is 0. The van der Waals surface area contributed by atoms with Crippen molar-refractivity contribution in [3.63, 3.8) is 0 Å². The molecule has 0 aliphatic carbocycles. The largest absolute Gasteiger partial charge is 0.312 e. The number of halogens is 1. The van der Waals surface area contributed by atoms with Gasteiger partial charge in [-0.25, -0.2) is 0 Å². The average molecular weight is 194 g/mol. The molecule has 0 atom stereocenters. The lowest BCUT2D eigenvalue weighted by Crippen LogP contribution is -1.90. The summed E-state index contributed by atoms with van der Waals surface area (Å²) >= 11 is 6.05. The van der Waals surface area contributed by atoms with Crippen LogP contribution in [0.15, 0.2) is 24.4 Å². The van der Waals surface area contributed by atoms with E-state index in [9.17, 15) is 4.79 Å². The Morgan fingerprint density at radius 3 is 2.92 bits per heavy atom. The minimum absolute atomic E-state index is 0.626. The van der Waals surface area contributed by atoms with Gasteiger partial charge in [0.15, 0.2) is 6.29 Å². The van der Waals surface area contributed by atoms with Crippen molar-refractivity contribution in [3.05, 3.63) is 40.7 Å². The second-order valence-corrected chi connectivity index (χ2v) is 3.28. The van der Waals surface area contributed by atoms with Gasteiger partial charge in [0.25, 0.3) is 0 Å². The Balaban J connectivity index is 2.98. The van der Waals surface area contributed by atoms with E-state index in [1.807, 2.05) is 31.3 Å². The van der Waals surface area contributed by atoms with Crippen molar-refractivity contribution in [1.29, 1.82) is 0 Å². The minimum Gasteiger partial charge on any atom is -0.312 e. The van der Waals surface area contributed by atoms with Gasteiger partial charge < -0.3 is 4.40 Å². The van der Waals surface area contributed by atoms with E-state index in [1.165, 1.54) is 0 Å². The van der Waals surface area contributed by atoms with E-state index in [2.05, 4.69) is 0 Å². The van der Waals surface area contributed by atoms with E-state index in [0.717, 1.165) is 17.4 Å². The van der Waals surface area contributed by atoms with Crippen molar-refractivity contribution in [1.82, 2.24) is 4.40 Å². The number of rotatable bonds is 1. The molecular weight excluding hydrogens is 186 g/mol. The van der Waals surface area contributed by atoms with Gasteiger partial charge in [-0.1, -0.05) is 17.7 Å². The van der Waals surface area contributed by atoms with E-state index in [1.54, 1.807) is 4.40 Å². The fraction of sp³-hybridized carbons (Fsp3) is 0.100. The lowest BCUT2D eigenvalue weighted by molar-refractivity contribution is 0.111. The van der Waals surface area contributed by atoms with Crippen molar-refractivity contribution in [2.75, 3.05) is 0 Å². The van der Waals surface area contributed by atoms with Crippen LogP contribution in [0, 0.1) is 6.92 Å². The smallest absolute Gasteiger partial charge is 0.167 e. The molecule has 0 aromatic carbocycles. The fourth-order valence-corrected chi connectivity index (χ4v) is 1.71. The van der Waals surface area contributed by atoms with Gasteiger partial charge in [0.2, 0.25) is 0 Å². The number of carbonyl (C=O) groups excluding carboxylic acids is 1. The number of fused-ring (bicyclic) bond motifs is 1. The summed E-state index contributed by atoms with van der Waals surface area (Å²) in [6, 6.07) is 5.66. The van der Waals surface area contributed by atoms with Gasteiger partial charge in [0, 0.05) is 6.20 Å². The highest BCUT2D eigenvalue weighted by Crippen LogP contribution is 2.26.